The van der Waals surface area contributed by atoms with Crippen LogP contribution in [0.4, 0.5) is 17.2 Å². The van der Waals surface area contributed by atoms with Gasteiger partial charge < -0.3 is 41.4 Å². The number of aryl methyl sites for hydroxylation is 1. The van der Waals surface area contributed by atoms with Gasteiger partial charge in [0, 0.05) is 74.0 Å². The number of carbonyl (C=O) groups excluding carboxylic acids is 2. The number of benzene rings is 1. The molecule has 0 unspecified atom stereocenters. The van der Waals surface area contributed by atoms with Gasteiger partial charge in [-0.1, -0.05) is 26.2 Å². The molecule has 0 spiro atoms. The predicted molar refractivity (Wildman–Crippen MR) is 182 cm³/mol. The van der Waals surface area contributed by atoms with Gasteiger partial charge in [0.25, 0.3) is 5.91 Å². The number of pyridine rings is 1. The molecule has 3 rings (SSSR count). The Labute approximate surface area is 268 Å². The van der Waals surface area contributed by atoms with Crippen molar-refractivity contribution in [1.82, 2.24) is 15.2 Å². The summed E-state index contributed by atoms with van der Waals surface area (Å²) in [6.45, 7) is 8.26. The lowest BCUT2D eigenvalue weighted by Gasteiger charge is -2.28. The Morgan fingerprint density at radius 3 is 2.44 bits per heavy atom. The van der Waals surface area contributed by atoms with E-state index in [1.807, 2.05) is 20.9 Å². The summed E-state index contributed by atoms with van der Waals surface area (Å²) in [6, 6.07) is 7.16. The lowest BCUT2D eigenvalue weighted by atomic mass is 10.0. The number of hydrogen-bond donors (Lipinski definition) is 6. The van der Waals surface area contributed by atoms with Crippen molar-refractivity contribution in [2.75, 3.05) is 62.5 Å². The van der Waals surface area contributed by atoms with Crippen molar-refractivity contribution in [3.8, 4) is 0 Å². The van der Waals surface area contributed by atoms with Crippen molar-refractivity contribution in [2.24, 2.45) is 0 Å². The number of ether oxygens (including phenoxy) is 1. The zero-order chi connectivity index (χ0) is 32.4. The molecule has 11 heteroatoms. The second-order valence-corrected chi connectivity index (χ2v) is 11.6. The minimum Gasteiger partial charge on any atom is -0.395 e. The average molecular weight is 624 g/mol. The first-order valence-corrected chi connectivity index (χ1v) is 16.5. The highest BCUT2D eigenvalue weighted by Gasteiger charge is 2.22. The first-order valence-electron chi connectivity index (χ1n) is 16.5. The number of aliphatic hydroxyl groups excluding tert-OH is 1. The van der Waals surface area contributed by atoms with Crippen LogP contribution in [0.25, 0.3) is 0 Å². The van der Waals surface area contributed by atoms with Crippen LogP contribution in [0, 0.1) is 5.41 Å². The first kappa shape index (κ1) is 35.9. The zero-order valence-electron chi connectivity index (χ0n) is 27.3. The number of hydrogen-bond acceptors (Lipinski definition) is 9. The van der Waals surface area contributed by atoms with E-state index in [9.17, 15) is 9.59 Å². The van der Waals surface area contributed by atoms with Gasteiger partial charge in [0.2, 0.25) is 5.91 Å². The predicted octanol–water partition coefficient (Wildman–Crippen LogP) is 4.80. The molecule has 11 nitrogen and oxygen atoms in total. The maximum atomic E-state index is 13.2. The summed E-state index contributed by atoms with van der Waals surface area (Å²) in [5.41, 5.74) is 4.44. The quantitative estimate of drug-likeness (QED) is 0.0910. The molecule has 2 amide bonds. The molecule has 0 radical (unpaired) electrons. The molecule has 1 aliphatic heterocycles. The molecular formula is C34H53N7O4. The van der Waals surface area contributed by atoms with Gasteiger partial charge in [-0.3, -0.25) is 9.59 Å². The number of nitrogens with zero attached hydrogens (tertiary/aromatic N) is 2. The van der Waals surface area contributed by atoms with Crippen LogP contribution < -0.4 is 21.3 Å². The number of unbranched alkanes of at least 4 members (excludes halogenated alkanes) is 4. The molecule has 0 saturated carbocycles. The molecule has 0 bridgehead atoms. The largest absolute Gasteiger partial charge is 0.395 e. The third-order valence-electron chi connectivity index (χ3n) is 8.10. The fourth-order valence-electron chi connectivity index (χ4n) is 5.50. The maximum absolute atomic E-state index is 13.2. The van der Waals surface area contributed by atoms with Crippen molar-refractivity contribution in [3.05, 3.63) is 46.6 Å². The highest BCUT2D eigenvalue weighted by molar-refractivity contribution is 5.97. The van der Waals surface area contributed by atoms with E-state index < -0.39 is 0 Å². The van der Waals surface area contributed by atoms with Gasteiger partial charge in [-0.05, 0) is 76.9 Å². The Kier molecular flexibility index (Phi) is 15.8. The Hall–Kier alpha value is -3.54. The molecule has 0 atom stereocenters. The molecule has 2 aromatic rings. The van der Waals surface area contributed by atoms with Crippen molar-refractivity contribution in [1.29, 1.82) is 5.41 Å². The van der Waals surface area contributed by atoms with Crippen LogP contribution >= 0.6 is 0 Å². The van der Waals surface area contributed by atoms with E-state index in [-0.39, 0.29) is 31.0 Å². The topological polar surface area (TPSA) is 152 Å². The molecule has 1 aromatic carbocycles. The van der Waals surface area contributed by atoms with Crippen LogP contribution in [0.1, 0.15) is 92.4 Å². The van der Waals surface area contributed by atoms with Crippen molar-refractivity contribution in [2.45, 2.75) is 84.2 Å². The number of nitrogens with one attached hydrogen (secondary N) is 5. The van der Waals surface area contributed by atoms with Gasteiger partial charge in [0.1, 0.15) is 5.82 Å². The Morgan fingerprint density at radius 2 is 1.78 bits per heavy atom. The highest BCUT2D eigenvalue weighted by atomic mass is 16.5. The average Bonchev–Trinajstić information content (AvgIpc) is 3.04. The van der Waals surface area contributed by atoms with Crippen LogP contribution in [-0.4, -0.2) is 85.6 Å². The van der Waals surface area contributed by atoms with Gasteiger partial charge in [0.15, 0.2) is 0 Å². The second kappa shape index (κ2) is 19.8. The summed E-state index contributed by atoms with van der Waals surface area (Å²) in [5.74, 6) is 0.425. The fourth-order valence-corrected chi connectivity index (χ4v) is 5.50. The zero-order valence-corrected chi connectivity index (χ0v) is 27.3. The Balaban J connectivity index is 1.55. The van der Waals surface area contributed by atoms with E-state index in [0.717, 1.165) is 68.4 Å². The number of amides is 2. The number of aliphatic hydroxyl groups is 1. The summed E-state index contributed by atoms with van der Waals surface area (Å²) in [5, 5.41) is 30.1. The standard InChI is InChI=1S/C34H53N7O4/c1-4-30-29(32(39-27-16-21-45-22-17-27)28(23-35)33(40-30)36-5-2)24-37-34(44)25-12-14-26(15-13-25)38-31(43)11-9-7-6-8-10-18-41(3)19-20-42/h12-15,23,27,35,42H,4-11,16-22,24H2,1-3H3,(H,37,44)(H,38,43)(H2,36,39,40). The molecular weight excluding hydrogens is 570 g/mol. The van der Waals surface area contributed by atoms with E-state index in [1.54, 1.807) is 24.3 Å². The smallest absolute Gasteiger partial charge is 0.251 e. The van der Waals surface area contributed by atoms with Gasteiger partial charge >= 0.3 is 0 Å². The lowest BCUT2D eigenvalue weighted by molar-refractivity contribution is -0.116. The molecule has 0 aliphatic carbocycles. The molecule has 1 aromatic heterocycles. The molecule has 6 N–H and O–H groups in total. The van der Waals surface area contributed by atoms with Gasteiger partial charge in [-0.15, -0.1) is 0 Å². The third kappa shape index (κ3) is 11.7. The Morgan fingerprint density at radius 1 is 1.07 bits per heavy atom. The molecule has 1 aliphatic rings. The fraction of sp³-hybridized carbons (Fsp3) is 0.588. The SMILES string of the molecule is CCNc1nc(CC)c(CNC(=O)c2ccc(NC(=O)CCCCCCCN(C)CCO)cc2)c(NC2CCOCC2)c1C=N. The molecule has 45 heavy (non-hydrogen) atoms. The summed E-state index contributed by atoms with van der Waals surface area (Å²) in [4.78, 5) is 32.5. The molecule has 1 saturated heterocycles. The van der Waals surface area contributed by atoms with Crippen LogP contribution in [0.15, 0.2) is 24.3 Å². The van der Waals surface area contributed by atoms with Gasteiger partial charge in [-0.25, -0.2) is 4.98 Å². The normalized spacial score (nSPS) is 13.4. The minimum absolute atomic E-state index is 0.0259. The Bertz CT molecular complexity index is 1220. The van der Waals surface area contributed by atoms with E-state index in [0.29, 0.717) is 61.8 Å². The minimum atomic E-state index is -0.221. The molecule has 1 fully saturated rings. The maximum Gasteiger partial charge on any atom is 0.251 e. The monoisotopic (exact) mass is 623 g/mol. The summed E-state index contributed by atoms with van der Waals surface area (Å²) in [6.07, 6.45) is 9.38. The molecule has 248 valence electrons. The lowest BCUT2D eigenvalue weighted by Crippen LogP contribution is -2.31. The second-order valence-electron chi connectivity index (χ2n) is 11.6. The summed E-state index contributed by atoms with van der Waals surface area (Å²) < 4.78 is 5.54. The van der Waals surface area contributed by atoms with Crippen LogP contribution in [0.5, 0.6) is 0 Å². The third-order valence-corrected chi connectivity index (χ3v) is 8.10. The molecule has 2 heterocycles. The number of aromatic nitrogens is 1. The van der Waals surface area contributed by atoms with Gasteiger partial charge in [-0.2, -0.15) is 0 Å². The van der Waals surface area contributed by atoms with Gasteiger partial charge in [0.05, 0.1) is 17.9 Å². The number of carbonyl (C=O) groups is 2. The van der Waals surface area contributed by atoms with Crippen molar-refractivity contribution < 1.29 is 19.4 Å². The highest BCUT2D eigenvalue weighted by Crippen LogP contribution is 2.31. The summed E-state index contributed by atoms with van der Waals surface area (Å²) >= 11 is 0. The number of likely N-dealkylation sites (N-methyl/N-ethyl adjacent to an activating group) is 1. The first-order chi connectivity index (χ1) is 21.9. The van der Waals surface area contributed by atoms with Crippen molar-refractivity contribution >= 4 is 35.2 Å². The van der Waals surface area contributed by atoms with E-state index in [4.69, 9.17) is 20.2 Å². The van der Waals surface area contributed by atoms with E-state index in [1.165, 1.54) is 6.21 Å². The van der Waals surface area contributed by atoms with Crippen molar-refractivity contribution in [3.63, 3.8) is 0 Å². The van der Waals surface area contributed by atoms with Crippen LogP contribution in [0.3, 0.4) is 0 Å². The summed E-state index contributed by atoms with van der Waals surface area (Å²) in [7, 11) is 2.02. The van der Waals surface area contributed by atoms with E-state index in [2.05, 4.69) is 26.2 Å². The number of rotatable bonds is 20. The van der Waals surface area contributed by atoms with Crippen LogP contribution in [0.2, 0.25) is 0 Å². The van der Waals surface area contributed by atoms with E-state index >= 15 is 0 Å². The van der Waals surface area contributed by atoms with Crippen LogP contribution in [-0.2, 0) is 22.5 Å². The number of anilines is 3.